The Bertz CT molecular complexity index is 1880. The minimum Gasteiger partial charge on any atom is -0.454 e. The Balaban J connectivity index is 1.69. The van der Waals surface area contributed by atoms with Crippen molar-refractivity contribution in [3.8, 4) is 28.4 Å². The van der Waals surface area contributed by atoms with Crippen LogP contribution in [-0.4, -0.2) is 20.5 Å². The Labute approximate surface area is 211 Å². The predicted molar refractivity (Wildman–Crippen MR) is 142 cm³/mol. The third kappa shape index (κ3) is 2.89. The number of anilines is 1. The molecule has 3 aromatic carbocycles. The summed E-state index contributed by atoms with van der Waals surface area (Å²) in [5, 5.41) is 4.18. The van der Waals surface area contributed by atoms with Crippen molar-refractivity contribution in [1.82, 2.24) is 13.7 Å². The number of rotatable bonds is 2. The Hall–Kier alpha value is -4.72. The predicted octanol–water partition coefficient (Wildman–Crippen LogP) is 4.25. The van der Waals surface area contributed by atoms with Crippen molar-refractivity contribution < 1.29 is 9.47 Å². The number of nitrogens with zero attached hydrogens (tertiary/aromatic N) is 3. The quantitative estimate of drug-likeness (QED) is 0.399. The molecule has 8 nitrogen and oxygen atoms in total. The fourth-order valence-electron chi connectivity index (χ4n) is 5.65. The second-order valence-electron chi connectivity index (χ2n) is 9.52. The molecule has 0 radical (unpaired) electrons. The van der Waals surface area contributed by atoms with Gasteiger partial charge in [0.2, 0.25) is 6.79 Å². The van der Waals surface area contributed by atoms with Crippen LogP contribution in [0.25, 0.3) is 27.8 Å². The molecule has 1 atom stereocenters. The molecule has 2 aliphatic heterocycles. The lowest BCUT2D eigenvalue weighted by Crippen LogP contribution is -2.37. The van der Waals surface area contributed by atoms with Crippen molar-refractivity contribution in [2.75, 3.05) is 12.1 Å². The van der Waals surface area contributed by atoms with Crippen LogP contribution in [0.2, 0.25) is 0 Å². The lowest BCUT2D eigenvalue weighted by molar-refractivity contribution is 0.174. The van der Waals surface area contributed by atoms with Crippen LogP contribution < -0.4 is 26.0 Å². The summed E-state index contributed by atoms with van der Waals surface area (Å²) >= 11 is 0. The zero-order valence-corrected chi connectivity index (χ0v) is 20.6. The first-order valence-electron chi connectivity index (χ1n) is 12.1. The molecule has 4 heterocycles. The standard InChI is InChI=1S/C29H24N4O4/c1-16-8-4-5-9-18(16)25-23-26(31(2)29(35)32(3)28(23)34)27-24(17-12-13-21-22(14-17)37-15-36-21)30-19-10-6-7-11-20(19)33(25)27/h4-14,24,30H,15H2,1-3H3/t24-/m0/s1. The topological polar surface area (TPSA) is 79.4 Å². The van der Waals surface area contributed by atoms with Gasteiger partial charge >= 0.3 is 5.69 Å². The fourth-order valence-corrected chi connectivity index (χ4v) is 5.65. The van der Waals surface area contributed by atoms with E-state index in [1.807, 2.05) is 73.7 Å². The summed E-state index contributed by atoms with van der Waals surface area (Å²) in [6, 6.07) is 21.6. The van der Waals surface area contributed by atoms with Gasteiger partial charge in [-0.1, -0.05) is 42.5 Å². The number of aromatic nitrogens is 3. The fraction of sp³-hybridized carbons (Fsp3) is 0.172. The molecule has 7 rings (SSSR count). The Morgan fingerprint density at radius 1 is 0.892 bits per heavy atom. The van der Waals surface area contributed by atoms with E-state index in [4.69, 9.17) is 9.47 Å². The highest BCUT2D eigenvalue weighted by Crippen LogP contribution is 2.47. The lowest BCUT2D eigenvalue weighted by Gasteiger charge is -2.31. The number of aryl methyl sites for hydroxylation is 2. The molecule has 0 aliphatic carbocycles. The van der Waals surface area contributed by atoms with Crippen LogP contribution in [0.3, 0.4) is 0 Å². The van der Waals surface area contributed by atoms with Crippen LogP contribution in [0.15, 0.2) is 76.3 Å². The lowest BCUT2D eigenvalue weighted by atomic mass is 9.99. The second-order valence-corrected chi connectivity index (χ2v) is 9.52. The summed E-state index contributed by atoms with van der Waals surface area (Å²) in [4.78, 5) is 27.0. The number of hydrogen-bond donors (Lipinski definition) is 1. The monoisotopic (exact) mass is 492 g/mol. The highest BCUT2D eigenvalue weighted by atomic mass is 16.7. The van der Waals surface area contributed by atoms with E-state index in [-0.39, 0.29) is 24.1 Å². The van der Waals surface area contributed by atoms with E-state index in [0.29, 0.717) is 22.4 Å². The molecule has 0 spiro atoms. The number of nitrogens with one attached hydrogen (secondary N) is 1. The SMILES string of the molecule is Cc1ccccc1-c1c2c(=O)n(C)c(=O)n(C)c2c2n1-c1ccccc1N[C@H]2c1ccc2c(c1)OCO2. The van der Waals surface area contributed by atoms with Crippen LogP contribution in [0.4, 0.5) is 5.69 Å². The molecule has 0 bridgehead atoms. The van der Waals surface area contributed by atoms with Crippen molar-refractivity contribution in [3.05, 3.63) is 104 Å². The summed E-state index contributed by atoms with van der Waals surface area (Å²) in [5.74, 6) is 1.37. The molecule has 1 N–H and O–H groups in total. The van der Waals surface area contributed by atoms with E-state index in [1.165, 1.54) is 11.6 Å². The molecule has 0 amide bonds. The first-order chi connectivity index (χ1) is 18.0. The maximum absolute atomic E-state index is 13.8. The van der Waals surface area contributed by atoms with Crippen molar-refractivity contribution in [1.29, 1.82) is 0 Å². The third-order valence-corrected chi connectivity index (χ3v) is 7.46. The van der Waals surface area contributed by atoms with Crippen LogP contribution in [0.5, 0.6) is 11.5 Å². The maximum Gasteiger partial charge on any atom is 0.331 e. The minimum atomic E-state index is -0.370. The van der Waals surface area contributed by atoms with E-state index in [0.717, 1.165) is 39.5 Å². The summed E-state index contributed by atoms with van der Waals surface area (Å²) in [6.45, 7) is 2.22. The van der Waals surface area contributed by atoms with Crippen LogP contribution in [0.1, 0.15) is 22.9 Å². The Morgan fingerprint density at radius 2 is 1.65 bits per heavy atom. The van der Waals surface area contributed by atoms with Gasteiger partial charge in [0, 0.05) is 19.7 Å². The molecule has 0 saturated carbocycles. The van der Waals surface area contributed by atoms with Gasteiger partial charge in [0.25, 0.3) is 5.56 Å². The van der Waals surface area contributed by atoms with E-state index in [9.17, 15) is 9.59 Å². The Morgan fingerprint density at radius 3 is 2.49 bits per heavy atom. The average molecular weight is 493 g/mol. The number of benzene rings is 3. The summed E-state index contributed by atoms with van der Waals surface area (Å²) in [6.07, 6.45) is 0. The average Bonchev–Trinajstić information content (AvgIpc) is 3.53. The van der Waals surface area contributed by atoms with Gasteiger partial charge in [-0.15, -0.1) is 0 Å². The molecule has 37 heavy (non-hydrogen) atoms. The molecular formula is C29H24N4O4. The number of para-hydroxylation sites is 2. The molecule has 184 valence electrons. The molecule has 0 unspecified atom stereocenters. The van der Waals surface area contributed by atoms with E-state index in [2.05, 4.69) is 9.88 Å². The first-order valence-corrected chi connectivity index (χ1v) is 12.1. The van der Waals surface area contributed by atoms with Crippen LogP contribution in [-0.2, 0) is 14.1 Å². The van der Waals surface area contributed by atoms with E-state index in [1.54, 1.807) is 11.6 Å². The molecule has 0 saturated heterocycles. The van der Waals surface area contributed by atoms with Gasteiger partial charge in [-0.05, 0) is 42.3 Å². The molecule has 5 aromatic rings. The Kier molecular flexibility index (Phi) is 4.45. The van der Waals surface area contributed by atoms with Gasteiger partial charge in [0.05, 0.1) is 39.7 Å². The van der Waals surface area contributed by atoms with Gasteiger partial charge in [0.1, 0.15) is 0 Å². The summed E-state index contributed by atoms with van der Waals surface area (Å²) in [5.41, 5.74) is 6.27. The van der Waals surface area contributed by atoms with Gasteiger partial charge in [-0.3, -0.25) is 13.9 Å². The van der Waals surface area contributed by atoms with Crippen molar-refractivity contribution >= 4 is 16.6 Å². The molecular weight excluding hydrogens is 468 g/mol. The van der Waals surface area contributed by atoms with Gasteiger partial charge in [-0.25, -0.2) is 4.79 Å². The normalized spacial score (nSPS) is 15.4. The van der Waals surface area contributed by atoms with Gasteiger partial charge < -0.3 is 19.4 Å². The highest BCUT2D eigenvalue weighted by molar-refractivity contribution is 6.00. The van der Waals surface area contributed by atoms with Crippen molar-refractivity contribution in [2.45, 2.75) is 13.0 Å². The van der Waals surface area contributed by atoms with Crippen LogP contribution in [0, 0.1) is 6.92 Å². The summed E-state index contributed by atoms with van der Waals surface area (Å²) in [7, 11) is 3.26. The van der Waals surface area contributed by atoms with Crippen molar-refractivity contribution in [3.63, 3.8) is 0 Å². The minimum absolute atomic E-state index is 0.182. The molecule has 0 fully saturated rings. The molecule has 8 heteroatoms. The van der Waals surface area contributed by atoms with Crippen molar-refractivity contribution in [2.24, 2.45) is 14.1 Å². The van der Waals surface area contributed by atoms with Gasteiger partial charge in [-0.2, -0.15) is 0 Å². The first kappa shape index (κ1) is 21.6. The maximum atomic E-state index is 13.8. The number of hydrogen-bond acceptors (Lipinski definition) is 5. The molecule has 2 aromatic heterocycles. The number of ether oxygens (including phenoxy) is 2. The second kappa shape index (κ2) is 7.64. The number of fused-ring (bicyclic) bond motifs is 6. The largest absolute Gasteiger partial charge is 0.454 e. The highest BCUT2D eigenvalue weighted by Gasteiger charge is 2.35. The zero-order valence-electron chi connectivity index (χ0n) is 20.6. The molecule has 2 aliphatic rings. The third-order valence-electron chi connectivity index (χ3n) is 7.46. The van der Waals surface area contributed by atoms with E-state index < -0.39 is 0 Å². The zero-order chi connectivity index (χ0) is 25.4. The smallest absolute Gasteiger partial charge is 0.331 e. The summed E-state index contributed by atoms with van der Waals surface area (Å²) < 4.78 is 16.1. The van der Waals surface area contributed by atoms with E-state index >= 15 is 0 Å². The van der Waals surface area contributed by atoms with Crippen LogP contribution >= 0.6 is 0 Å². The van der Waals surface area contributed by atoms with Gasteiger partial charge in [0.15, 0.2) is 11.5 Å².